The second-order valence-electron chi connectivity index (χ2n) is 5.58. The van der Waals surface area contributed by atoms with Gasteiger partial charge >= 0.3 is 0 Å². The lowest BCUT2D eigenvalue weighted by Gasteiger charge is -2.36. The molecule has 0 radical (unpaired) electrons. The van der Waals surface area contributed by atoms with Gasteiger partial charge in [-0.3, -0.25) is 9.69 Å². The average Bonchev–Trinajstić information content (AvgIpc) is 2.65. The van der Waals surface area contributed by atoms with E-state index in [0.29, 0.717) is 26.2 Å². The number of ether oxygens (including phenoxy) is 1. The summed E-state index contributed by atoms with van der Waals surface area (Å²) in [4.78, 5) is 14.1. The topological polar surface area (TPSA) is 41.6 Å². The lowest BCUT2D eigenvalue weighted by Crippen LogP contribution is -2.48. The standard InChI is InChI=1S/C15H18ClFN2O2/c16-12-2-1-10(7-13(12)17)8-19-5-3-11-14(9-19)21-6-4-18-15(11)20/h1-2,7,11,14H,3-6,8-9H2,(H,18,20)/t11-,14+/m1/s1. The van der Waals surface area contributed by atoms with Crippen LogP contribution in [0.25, 0.3) is 0 Å². The molecule has 1 N–H and O–H groups in total. The number of hydrogen-bond acceptors (Lipinski definition) is 3. The Kier molecular flexibility index (Phi) is 4.42. The van der Waals surface area contributed by atoms with Crippen molar-refractivity contribution in [2.45, 2.75) is 19.1 Å². The Bertz CT molecular complexity index is 540. The molecule has 0 unspecified atom stereocenters. The van der Waals surface area contributed by atoms with Gasteiger partial charge in [-0.1, -0.05) is 17.7 Å². The number of carbonyl (C=O) groups is 1. The predicted octanol–water partition coefficient (Wildman–Crippen LogP) is 1.82. The van der Waals surface area contributed by atoms with E-state index in [1.165, 1.54) is 6.07 Å². The summed E-state index contributed by atoms with van der Waals surface area (Å²) < 4.78 is 19.2. The van der Waals surface area contributed by atoms with Crippen LogP contribution < -0.4 is 5.32 Å². The molecule has 2 aliphatic rings. The quantitative estimate of drug-likeness (QED) is 0.905. The SMILES string of the molecule is O=C1NCCO[C@H]2CN(Cc3ccc(Cl)c(F)c3)CC[C@@H]12. The number of rotatable bonds is 2. The minimum absolute atomic E-state index is 0.0642. The fraction of sp³-hybridized carbons (Fsp3) is 0.533. The number of nitrogens with zero attached hydrogens (tertiary/aromatic N) is 1. The summed E-state index contributed by atoms with van der Waals surface area (Å²) in [5.41, 5.74) is 0.883. The molecule has 1 amide bonds. The van der Waals surface area contributed by atoms with E-state index in [-0.39, 0.29) is 23.0 Å². The molecule has 6 heteroatoms. The number of amides is 1. The highest BCUT2D eigenvalue weighted by molar-refractivity contribution is 6.30. The van der Waals surface area contributed by atoms with Crippen LogP contribution in [0.5, 0.6) is 0 Å². The van der Waals surface area contributed by atoms with E-state index in [0.717, 1.165) is 18.5 Å². The van der Waals surface area contributed by atoms with Gasteiger partial charge in [0.2, 0.25) is 5.91 Å². The van der Waals surface area contributed by atoms with Crippen molar-refractivity contribution in [2.75, 3.05) is 26.2 Å². The molecule has 0 aliphatic carbocycles. The van der Waals surface area contributed by atoms with E-state index in [9.17, 15) is 9.18 Å². The molecule has 2 heterocycles. The van der Waals surface area contributed by atoms with Crippen LogP contribution in [0, 0.1) is 11.7 Å². The molecule has 2 atom stereocenters. The number of benzene rings is 1. The highest BCUT2D eigenvalue weighted by Crippen LogP contribution is 2.24. The second-order valence-corrected chi connectivity index (χ2v) is 5.99. The van der Waals surface area contributed by atoms with Gasteiger partial charge < -0.3 is 10.1 Å². The molecular weight excluding hydrogens is 295 g/mol. The van der Waals surface area contributed by atoms with Crippen molar-refractivity contribution in [1.29, 1.82) is 0 Å². The van der Waals surface area contributed by atoms with Crippen LogP contribution in [-0.4, -0.2) is 43.2 Å². The van der Waals surface area contributed by atoms with E-state index < -0.39 is 5.82 Å². The van der Waals surface area contributed by atoms with Gasteiger partial charge in [-0.05, 0) is 30.7 Å². The fourth-order valence-electron chi connectivity index (χ4n) is 3.00. The molecule has 2 fully saturated rings. The summed E-state index contributed by atoms with van der Waals surface area (Å²) in [5.74, 6) is -0.366. The highest BCUT2D eigenvalue weighted by atomic mass is 35.5. The summed E-state index contributed by atoms with van der Waals surface area (Å²) in [6.07, 6.45) is 0.699. The molecule has 1 aromatic carbocycles. The lowest BCUT2D eigenvalue weighted by atomic mass is 9.92. The van der Waals surface area contributed by atoms with Gasteiger partial charge in [0.15, 0.2) is 0 Å². The van der Waals surface area contributed by atoms with E-state index in [4.69, 9.17) is 16.3 Å². The molecule has 114 valence electrons. The molecule has 1 aromatic rings. The number of fused-ring (bicyclic) bond motifs is 1. The third-order valence-corrected chi connectivity index (χ3v) is 4.41. The van der Waals surface area contributed by atoms with Crippen molar-refractivity contribution in [3.63, 3.8) is 0 Å². The maximum absolute atomic E-state index is 13.5. The van der Waals surface area contributed by atoms with Crippen LogP contribution in [0.1, 0.15) is 12.0 Å². The van der Waals surface area contributed by atoms with Gasteiger partial charge in [-0.15, -0.1) is 0 Å². The van der Waals surface area contributed by atoms with Gasteiger partial charge in [0.05, 0.1) is 23.7 Å². The van der Waals surface area contributed by atoms with Crippen LogP contribution in [0.2, 0.25) is 5.02 Å². The molecule has 0 saturated carbocycles. The molecule has 2 saturated heterocycles. The zero-order valence-electron chi connectivity index (χ0n) is 11.6. The minimum Gasteiger partial charge on any atom is -0.374 e. The fourth-order valence-corrected chi connectivity index (χ4v) is 3.12. The Morgan fingerprint density at radius 3 is 3.14 bits per heavy atom. The van der Waals surface area contributed by atoms with Crippen molar-refractivity contribution in [2.24, 2.45) is 5.92 Å². The average molecular weight is 313 g/mol. The smallest absolute Gasteiger partial charge is 0.225 e. The first-order valence-electron chi connectivity index (χ1n) is 7.19. The first kappa shape index (κ1) is 14.8. The van der Waals surface area contributed by atoms with E-state index in [2.05, 4.69) is 10.2 Å². The molecule has 2 aliphatic heterocycles. The maximum atomic E-state index is 13.5. The van der Waals surface area contributed by atoms with Gasteiger partial charge in [0.1, 0.15) is 5.82 Å². The number of hydrogen-bond donors (Lipinski definition) is 1. The molecule has 4 nitrogen and oxygen atoms in total. The molecule has 3 rings (SSSR count). The largest absolute Gasteiger partial charge is 0.374 e. The van der Waals surface area contributed by atoms with Gasteiger partial charge in [-0.2, -0.15) is 0 Å². The lowest BCUT2D eigenvalue weighted by molar-refractivity contribution is -0.130. The summed E-state index contributed by atoms with van der Waals surface area (Å²) in [5, 5.41) is 3.02. The normalized spacial score (nSPS) is 26.9. The van der Waals surface area contributed by atoms with Crippen LogP contribution >= 0.6 is 11.6 Å². The number of halogens is 2. The van der Waals surface area contributed by atoms with Crippen LogP contribution in [0.3, 0.4) is 0 Å². The van der Waals surface area contributed by atoms with Crippen LogP contribution in [0.4, 0.5) is 4.39 Å². The van der Waals surface area contributed by atoms with Crippen LogP contribution in [0.15, 0.2) is 18.2 Å². The van der Waals surface area contributed by atoms with Crippen molar-refractivity contribution in [3.05, 3.63) is 34.6 Å². The van der Waals surface area contributed by atoms with Gasteiger partial charge in [0, 0.05) is 19.6 Å². The first-order chi connectivity index (χ1) is 10.1. The van der Waals surface area contributed by atoms with Crippen molar-refractivity contribution in [1.82, 2.24) is 10.2 Å². The number of nitrogens with one attached hydrogen (secondary N) is 1. The predicted molar refractivity (Wildman–Crippen MR) is 77.5 cm³/mol. The zero-order chi connectivity index (χ0) is 14.8. The van der Waals surface area contributed by atoms with Crippen molar-refractivity contribution >= 4 is 17.5 Å². The number of likely N-dealkylation sites (tertiary alicyclic amines) is 1. The summed E-state index contributed by atoms with van der Waals surface area (Å²) in [7, 11) is 0. The maximum Gasteiger partial charge on any atom is 0.225 e. The van der Waals surface area contributed by atoms with E-state index in [1.54, 1.807) is 6.07 Å². The highest BCUT2D eigenvalue weighted by Gasteiger charge is 2.36. The number of carbonyl (C=O) groups excluding carboxylic acids is 1. The molecule has 0 spiro atoms. The Morgan fingerprint density at radius 1 is 1.48 bits per heavy atom. The summed E-state index contributed by atoms with van der Waals surface area (Å²) >= 11 is 5.70. The van der Waals surface area contributed by atoms with Gasteiger partial charge in [-0.25, -0.2) is 4.39 Å². The van der Waals surface area contributed by atoms with Crippen molar-refractivity contribution < 1.29 is 13.9 Å². The summed E-state index contributed by atoms with van der Waals surface area (Å²) in [6.45, 7) is 3.28. The van der Waals surface area contributed by atoms with Crippen molar-refractivity contribution in [3.8, 4) is 0 Å². The molecule has 0 aromatic heterocycles. The minimum atomic E-state index is -0.394. The van der Waals surface area contributed by atoms with Gasteiger partial charge in [0.25, 0.3) is 0 Å². The zero-order valence-corrected chi connectivity index (χ0v) is 12.4. The van der Waals surface area contributed by atoms with E-state index >= 15 is 0 Å². The Balaban J connectivity index is 1.65. The van der Waals surface area contributed by atoms with E-state index in [1.807, 2.05) is 6.07 Å². The summed E-state index contributed by atoms with van der Waals surface area (Å²) in [6, 6.07) is 4.88. The molecular formula is C15H18ClFN2O2. The molecule has 0 bridgehead atoms. The molecule has 21 heavy (non-hydrogen) atoms. The Hall–Kier alpha value is -1.17. The Morgan fingerprint density at radius 2 is 2.33 bits per heavy atom. The van der Waals surface area contributed by atoms with Crippen LogP contribution in [-0.2, 0) is 16.1 Å². The third kappa shape index (κ3) is 3.36. The second kappa shape index (κ2) is 6.30. The first-order valence-corrected chi connectivity index (χ1v) is 7.57. The Labute approximate surface area is 128 Å². The monoisotopic (exact) mass is 312 g/mol. The third-order valence-electron chi connectivity index (χ3n) is 4.10. The number of piperidine rings is 1.